The summed E-state index contributed by atoms with van der Waals surface area (Å²) in [4.78, 5) is 12.3. The van der Waals surface area contributed by atoms with Gasteiger partial charge in [-0.2, -0.15) is 0 Å². The van der Waals surface area contributed by atoms with E-state index in [4.69, 9.17) is 9.47 Å². The van der Waals surface area contributed by atoms with Crippen LogP contribution in [0.2, 0.25) is 0 Å². The Hall–Kier alpha value is -2.69. The van der Waals surface area contributed by atoms with Gasteiger partial charge in [-0.3, -0.25) is 0 Å². The van der Waals surface area contributed by atoms with Crippen molar-refractivity contribution in [1.29, 1.82) is 0 Å². The number of rotatable bonds is 7. The fourth-order valence-corrected chi connectivity index (χ4v) is 3.64. The summed E-state index contributed by atoms with van der Waals surface area (Å²) in [6.45, 7) is 4.77. The van der Waals surface area contributed by atoms with E-state index < -0.39 is 0 Å². The summed E-state index contributed by atoms with van der Waals surface area (Å²) in [5, 5.41) is 5.80. The lowest BCUT2D eigenvalue weighted by Gasteiger charge is -2.17. The molecule has 0 aromatic heterocycles. The van der Waals surface area contributed by atoms with E-state index in [1.165, 1.54) is 29.5 Å². The molecule has 0 spiro atoms. The molecule has 1 saturated carbocycles. The third-order valence-corrected chi connectivity index (χ3v) is 5.20. The number of urea groups is 1. The fraction of sp³-hybridized carbons (Fsp3) is 0.435. The van der Waals surface area contributed by atoms with Crippen LogP contribution in [0.1, 0.15) is 42.4 Å². The monoisotopic (exact) mass is 382 g/mol. The molecule has 1 fully saturated rings. The SMILES string of the molecule is COc1ccc(NC(=O)NCCc2ccc(C)cc2C)cc1OC1CCCC1. The molecule has 2 aromatic rings. The second-order valence-corrected chi connectivity index (χ2v) is 7.45. The summed E-state index contributed by atoms with van der Waals surface area (Å²) >= 11 is 0. The van der Waals surface area contributed by atoms with Gasteiger partial charge in [0, 0.05) is 18.3 Å². The maximum Gasteiger partial charge on any atom is 0.319 e. The summed E-state index contributed by atoms with van der Waals surface area (Å²) in [6, 6.07) is 11.7. The van der Waals surface area contributed by atoms with E-state index in [9.17, 15) is 4.79 Å². The first-order valence-corrected chi connectivity index (χ1v) is 10.0. The number of hydrogen-bond acceptors (Lipinski definition) is 3. The smallest absolute Gasteiger partial charge is 0.319 e. The van der Waals surface area contributed by atoms with Crippen molar-refractivity contribution in [2.75, 3.05) is 19.0 Å². The Kier molecular flexibility index (Phi) is 6.80. The molecule has 0 unspecified atom stereocenters. The lowest BCUT2D eigenvalue weighted by atomic mass is 10.0. The molecule has 2 amide bonds. The number of amides is 2. The first kappa shape index (κ1) is 20.1. The zero-order valence-corrected chi connectivity index (χ0v) is 17.0. The van der Waals surface area contributed by atoms with Crippen molar-refractivity contribution in [2.24, 2.45) is 0 Å². The Labute approximate surface area is 167 Å². The van der Waals surface area contributed by atoms with Gasteiger partial charge in [-0.1, -0.05) is 23.8 Å². The van der Waals surface area contributed by atoms with Gasteiger partial charge in [0.1, 0.15) is 0 Å². The molecule has 5 nitrogen and oxygen atoms in total. The number of nitrogens with one attached hydrogen (secondary N) is 2. The Morgan fingerprint density at radius 3 is 2.57 bits per heavy atom. The Morgan fingerprint density at radius 1 is 1.07 bits per heavy atom. The number of anilines is 1. The van der Waals surface area contributed by atoms with Crippen molar-refractivity contribution in [3.63, 3.8) is 0 Å². The topological polar surface area (TPSA) is 59.6 Å². The quantitative estimate of drug-likeness (QED) is 0.709. The van der Waals surface area contributed by atoms with E-state index in [1.54, 1.807) is 7.11 Å². The van der Waals surface area contributed by atoms with E-state index >= 15 is 0 Å². The van der Waals surface area contributed by atoms with Gasteiger partial charge in [0.05, 0.1) is 13.2 Å². The predicted octanol–water partition coefficient (Wildman–Crippen LogP) is 5.00. The first-order valence-electron chi connectivity index (χ1n) is 10.0. The number of carbonyl (C=O) groups is 1. The predicted molar refractivity (Wildman–Crippen MR) is 113 cm³/mol. The molecule has 2 aromatic carbocycles. The molecule has 1 aliphatic carbocycles. The lowest BCUT2D eigenvalue weighted by molar-refractivity contribution is 0.201. The molecule has 5 heteroatoms. The van der Waals surface area contributed by atoms with Crippen LogP contribution in [-0.2, 0) is 6.42 Å². The van der Waals surface area contributed by atoms with Crippen LogP contribution < -0.4 is 20.1 Å². The van der Waals surface area contributed by atoms with E-state index in [2.05, 4.69) is 42.7 Å². The van der Waals surface area contributed by atoms with Crippen molar-refractivity contribution in [2.45, 2.75) is 52.1 Å². The lowest BCUT2D eigenvalue weighted by Crippen LogP contribution is -2.30. The second-order valence-electron chi connectivity index (χ2n) is 7.45. The van der Waals surface area contributed by atoms with Gasteiger partial charge >= 0.3 is 6.03 Å². The van der Waals surface area contributed by atoms with Gasteiger partial charge in [0.2, 0.25) is 0 Å². The molecule has 0 heterocycles. The number of benzene rings is 2. The Bertz CT molecular complexity index is 813. The zero-order chi connectivity index (χ0) is 19.9. The molecular weight excluding hydrogens is 352 g/mol. The van der Waals surface area contributed by atoms with Crippen molar-refractivity contribution in [3.05, 3.63) is 53.1 Å². The van der Waals surface area contributed by atoms with Crippen LogP contribution in [0.5, 0.6) is 11.5 Å². The highest BCUT2D eigenvalue weighted by Crippen LogP contribution is 2.33. The molecule has 0 atom stereocenters. The zero-order valence-electron chi connectivity index (χ0n) is 17.0. The highest BCUT2D eigenvalue weighted by atomic mass is 16.5. The third kappa shape index (κ3) is 5.41. The highest BCUT2D eigenvalue weighted by Gasteiger charge is 2.19. The molecular formula is C23H30N2O3. The number of hydrogen-bond donors (Lipinski definition) is 2. The van der Waals surface area contributed by atoms with Crippen LogP contribution in [0.25, 0.3) is 0 Å². The third-order valence-electron chi connectivity index (χ3n) is 5.20. The summed E-state index contributed by atoms with van der Waals surface area (Å²) in [7, 11) is 1.63. The maximum absolute atomic E-state index is 12.3. The highest BCUT2D eigenvalue weighted by molar-refractivity contribution is 5.89. The van der Waals surface area contributed by atoms with Crippen molar-refractivity contribution >= 4 is 11.7 Å². The molecule has 28 heavy (non-hydrogen) atoms. The number of methoxy groups -OCH3 is 1. The molecule has 1 aliphatic rings. The second kappa shape index (κ2) is 9.49. The minimum Gasteiger partial charge on any atom is -0.493 e. The van der Waals surface area contributed by atoms with Crippen LogP contribution in [0.15, 0.2) is 36.4 Å². The van der Waals surface area contributed by atoms with Crippen LogP contribution in [0.3, 0.4) is 0 Å². The van der Waals surface area contributed by atoms with E-state index in [1.807, 2.05) is 18.2 Å². The number of ether oxygens (including phenoxy) is 2. The van der Waals surface area contributed by atoms with E-state index in [0.29, 0.717) is 23.7 Å². The van der Waals surface area contributed by atoms with Crippen molar-refractivity contribution in [3.8, 4) is 11.5 Å². The molecule has 0 radical (unpaired) electrons. The Balaban J connectivity index is 1.54. The van der Waals surface area contributed by atoms with Gasteiger partial charge < -0.3 is 20.1 Å². The molecule has 150 valence electrons. The van der Waals surface area contributed by atoms with Crippen LogP contribution in [0, 0.1) is 13.8 Å². The van der Waals surface area contributed by atoms with Gasteiger partial charge in [0.15, 0.2) is 11.5 Å². The maximum atomic E-state index is 12.3. The van der Waals surface area contributed by atoms with Gasteiger partial charge in [-0.05, 0) is 69.2 Å². The van der Waals surface area contributed by atoms with Crippen LogP contribution >= 0.6 is 0 Å². The van der Waals surface area contributed by atoms with Gasteiger partial charge in [0.25, 0.3) is 0 Å². The fourth-order valence-electron chi connectivity index (χ4n) is 3.64. The van der Waals surface area contributed by atoms with Crippen LogP contribution in [-0.4, -0.2) is 25.8 Å². The largest absolute Gasteiger partial charge is 0.493 e. The summed E-state index contributed by atoms with van der Waals surface area (Å²) < 4.78 is 11.5. The first-order chi connectivity index (χ1) is 13.5. The number of carbonyl (C=O) groups excluding carboxylic acids is 1. The Morgan fingerprint density at radius 2 is 1.86 bits per heavy atom. The van der Waals surface area contributed by atoms with E-state index in [-0.39, 0.29) is 12.1 Å². The molecule has 0 saturated heterocycles. The van der Waals surface area contributed by atoms with Gasteiger partial charge in [-0.25, -0.2) is 4.79 Å². The van der Waals surface area contributed by atoms with Crippen LogP contribution in [0.4, 0.5) is 10.5 Å². The number of aryl methyl sites for hydroxylation is 2. The molecule has 3 rings (SSSR count). The van der Waals surface area contributed by atoms with E-state index in [0.717, 1.165) is 19.3 Å². The molecule has 2 N–H and O–H groups in total. The summed E-state index contributed by atoms with van der Waals surface area (Å²) in [5.41, 5.74) is 4.45. The normalized spacial score (nSPS) is 14.0. The minimum absolute atomic E-state index is 0.221. The summed E-state index contributed by atoms with van der Waals surface area (Å²) in [6.07, 6.45) is 5.58. The average Bonchev–Trinajstić information content (AvgIpc) is 3.17. The molecule has 0 bridgehead atoms. The standard InChI is InChI=1S/C23H30N2O3/c1-16-8-9-18(17(2)14-16)12-13-24-23(26)25-19-10-11-21(27-3)22(15-19)28-20-6-4-5-7-20/h8-11,14-15,20H,4-7,12-13H2,1-3H3,(H2,24,25,26). The average molecular weight is 383 g/mol. The minimum atomic E-state index is -0.221. The van der Waals surface area contributed by atoms with Crippen molar-refractivity contribution in [1.82, 2.24) is 5.32 Å². The molecule has 0 aliphatic heterocycles. The van der Waals surface area contributed by atoms with Gasteiger partial charge in [-0.15, -0.1) is 0 Å². The summed E-state index contributed by atoms with van der Waals surface area (Å²) in [5.74, 6) is 1.37. The van der Waals surface area contributed by atoms with Crippen molar-refractivity contribution < 1.29 is 14.3 Å².